The van der Waals surface area contributed by atoms with E-state index < -0.39 is 22.8 Å². The highest BCUT2D eigenvalue weighted by molar-refractivity contribution is 5.97. The highest BCUT2D eigenvalue weighted by Crippen LogP contribution is 2.32. The minimum Gasteiger partial charge on any atom is -0.480 e. The van der Waals surface area contributed by atoms with Crippen molar-refractivity contribution in [1.82, 2.24) is 10.3 Å². The first-order valence-electron chi connectivity index (χ1n) is 7.09. The Labute approximate surface area is 122 Å². The fourth-order valence-corrected chi connectivity index (χ4v) is 2.68. The van der Waals surface area contributed by atoms with Crippen molar-refractivity contribution in [3.05, 3.63) is 33.7 Å². The van der Waals surface area contributed by atoms with Crippen LogP contribution in [-0.4, -0.2) is 27.5 Å². The second kappa shape index (κ2) is 5.71. The average molecular weight is 292 g/mol. The zero-order valence-electron chi connectivity index (χ0n) is 12.2. The Morgan fingerprint density at radius 3 is 2.52 bits per heavy atom. The topological polar surface area (TPSA) is 99.3 Å². The van der Waals surface area contributed by atoms with Crippen molar-refractivity contribution in [1.29, 1.82) is 0 Å². The summed E-state index contributed by atoms with van der Waals surface area (Å²) in [5.74, 6) is -1.21. The van der Waals surface area contributed by atoms with Crippen molar-refractivity contribution >= 4 is 11.9 Å². The Morgan fingerprint density at radius 1 is 1.38 bits per heavy atom. The second-order valence-corrected chi connectivity index (χ2v) is 5.92. The van der Waals surface area contributed by atoms with Gasteiger partial charge in [-0.15, -0.1) is 0 Å². The van der Waals surface area contributed by atoms with Crippen LogP contribution in [0.4, 0.5) is 0 Å². The molecule has 6 nitrogen and oxygen atoms in total. The quantitative estimate of drug-likeness (QED) is 0.785. The van der Waals surface area contributed by atoms with Gasteiger partial charge in [-0.3, -0.25) is 9.59 Å². The minimum absolute atomic E-state index is 0.0557. The fourth-order valence-electron chi connectivity index (χ4n) is 2.68. The van der Waals surface area contributed by atoms with Gasteiger partial charge in [0.25, 0.3) is 5.91 Å². The van der Waals surface area contributed by atoms with Crippen molar-refractivity contribution in [2.45, 2.75) is 45.1 Å². The van der Waals surface area contributed by atoms with E-state index in [1.807, 2.05) is 0 Å². The molecule has 0 saturated heterocycles. The lowest BCUT2D eigenvalue weighted by Gasteiger charge is -2.36. The molecule has 0 spiro atoms. The van der Waals surface area contributed by atoms with E-state index in [2.05, 4.69) is 17.2 Å². The number of rotatable bonds is 3. The predicted octanol–water partition coefficient (Wildman–Crippen LogP) is 1.45. The van der Waals surface area contributed by atoms with Gasteiger partial charge in [0.2, 0.25) is 0 Å². The van der Waals surface area contributed by atoms with Crippen LogP contribution in [-0.2, 0) is 4.79 Å². The van der Waals surface area contributed by atoms with Crippen molar-refractivity contribution in [3.63, 3.8) is 0 Å². The molecule has 1 aliphatic carbocycles. The first-order chi connectivity index (χ1) is 9.84. The van der Waals surface area contributed by atoms with E-state index in [0.29, 0.717) is 24.5 Å². The van der Waals surface area contributed by atoms with E-state index in [9.17, 15) is 19.5 Å². The van der Waals surface area contributed by atoms with Gasteiger partial charge in [0.1, 0.15) is 11.1 Å². The molecule has 0 unspecified atom stereocenters. The Kier molecular flexibility index (Phi) is 4.16. The lowest BCUT2D eigenvalue weighted by molar-refractivity contribution is -0.146. The largest absolute Gasteiger partial charge is 0.480 e. The molecule has 114 valence electrons. The third kappa shape index (κ3) is 3.15. The predicted molar refractivity (Wildman–Crippen MR) is 77.3 cm³/mol. The number of hydrogen-bond acceptors (Lipinski definition) is 3. The number of H-pyrrole nitrogens is 1. The third-order valence-electron chi connectivity index (χ3n) is 4.19. The molecule has 0 aromatic carbocycles. The van der Waals surface area contributed by atoms with Crippen LogP contribution in [0.25, 0.3) is 0 Å². The van der Waals surface area contributed by atoms with E-state index in [0.717, 1.165) is 12.8 Å². The number of pyridine rings is 1. The van der Waals surface area contributed by atoms with Crippen molar-refractivity contribution < 1.29 is 14.7 Å². The molecule has 1 fully saturated rings. The minimum atomic E-state index is -1.26. The molecule has 2 rings (SSSR count). The van der Waals surface area contributed by atoms with Gasteiger partial charge in [-0.05, 0) is 38.5 Å². The second-order valence-electron chi connectivity index (χ2n) is 5.92. The summed E-state index contributed by atoms with van der Waals surface area (Å²) < 4.78 is 0. The maximum atomic E-state index is 12.2. The maximum Gasteiger partial charge on any atom is 0.329 e. The number of aromatic amines is 1. The van der Waals surface area contributed by atoms with Gasteiger partial charge in [-0.2, -0.15) is 0 Å². The summed E-state index contributed by atoms with van der Waals surface area (Å²) in [6.07, 6.45) is 3.60. The Morgan fingerprint density at radius 2 is 2.00 bits per heavy atom. The molecule has 0 aliphatic heterocycles. The molecule has 6 heteroatoms. The summed E-state index contributed by atoms with van der Waals surface area (Å²) in [4.78, 5) is 38.5. The van der Waals surface area contributed by atoms with Crippen molar-refractivity contribution in [3.8, 4) is 0 Å². The number of carbonyl (C=O) groups is 2. The van der Waals surface area contributed by atoms with E-state index >= 15 is 0 Å². The smallest absolute Gasteiger partial charge is 0.329 e. The molecule has 21 heavy (non-hydrogen) atoms. The lowest BCUT2D eigenvalue weighted by atomic mass is 9.77. The molecule has 1 aromatic heterocycles. The van der Waals surface area contributed by atoms with Crippen LogP contribution in [0.1, 0.15) is 48.7 Å². The molecule has 1 amide bonds. The molecule has 1 heterocycles. The number of nitrogens with one attached hydrogen (secondary N) is 2. The van der Waals surface area contributed by atoms with Gasteiger partial charge in [-0.25, -0.2) is 4.79 Å². The van der Waals surface area contributed by atoms with Crippen LogP contribution >= 0.6 is 0 Å². The van der Waals surface area contributed by atoms with Crippen molar-refractivity contribution in [2.75, 3.05) is 0 Å². The summed E-state index contributed by atoms with van der Waals surface area (Å²) in [5.41, 5.74) is -1.08. The molecule has 1 saturated carbocycles. The zero-order valence-corrected chi connectivity index (χ0v) is 12.2. The van der Waals surface area contributed by atoms with Gasteiger partial charge in [0.15, 0.2) is 5.43 Å². The number of aromatic nitrogens is 1. The monoisotopic (exact) mass is 292 g/mol. The summed E-state index contributed by atoms with van der Waals surface area (Å²) in [6, 6.07) is 1.32. The zero-order chi connectivity index (χ0) is 15.6. The number of carbonyl (C=O) groups excluding carboxylic acids is 1. The summed E-state index contributed by atoms with van der Waals surface area (Å²) in [6.45, 7) is 3.78. The normalized spacial score (nSPS) is 25.3. The molecule has 0 atom stereocenters. The van der Waals surface area contributed by atoms with Gasteiger partial charge in [-0.1, -0.05) is 6.92 Å². The molecule has 1 aromatic rings. The molecule has 0 radical (unpaired) electrons. The fraction of sp³-hybridized carbons (Fsp3) is 0.533. The number of aliphatic carboxylic acids is 1. The first-order valence-corrected chi connectivity index (χ1v) is 7.09. The van der Waals surface area contributed by atoms with Crippen LogP contribution in [0, 0.1) is 12.8 Å². The molecular formula is C15H20N2O4. The number of carboxylic acid groups (broad SMARTS) is 1. The molecular weight excluding hydrogens is 272 g/mol. The first kappa shape index (κ1) is 15.3. The van der Waals surface area contributed by atoms with Crippen LogP contribution in [0.15, 0.2) is 17.1 Å². The Balaban J connectivity index is 2.23. The van der Waals surface area contributed by atoms with E-state index in [-0.39, 0.29) is 5.56 Å². The van der Waals surface area contributed by atoms with Crippen LogP contribution < -0.4 is 10.7 Å². The van der Waals surface area contributed by atoms with Crippen LogP contribution in [0.5, 0.6) is 0 Å². The summed E-state index contributed by atoms with van der Waals surface area (Å²) >= 11 is 0. The number of amides is 1. The Hall–Kier alpha value is -2.11. The SMILES string of the molecule is Cc1cc(=O)c(C(=O)NC2(C(=O)O)CCC(C)CC2)c[nH]1. The molecule has 0 bridgehead atoms. The van der Waals surface area contributed by atoms with Gasteiger partial charge in [0, 0.05) is 18.0 Å². The molecule has 3 N–H and O–H groups in total. The summed E-state index contributed by atoms with van der Waals surface area (Å²) in [5, 5.41) is 12.1. The van der Waals surface area contributed by atoms with E-state index in [1.165, 1.54) is 12.3 Å². The maximum absolute atomic E-state index is 12.2. The van der Waals surface area contributed by atoms with Crippen LogP contribution in [0.2, 0.25) is 0 Å². The van der Waals surface area contributed by atoms with Gasteiger partial charge in [0.05, 0.1) is 0 Å². The van der Waals surface area contributed by atoms with Gasteiger partial charge >= 0.3 is 5.97 Å². The lowest BCUT2D eigenvalue weighted by Crippen LogP contribution is -2.56. The van der Waals surface area contributed by atoms with Crippen LogP contribution in [0.3, 0.4) is 0 Å². The number of aryl methyl sites for hydroxylation is 1. The highest BCUT2D eigenvalue weighted by Gasteiger charge is 2.42. The van der Waals surface area contributed by atoms with Gasteiger partial charge < -0.3 is 15.4 Å². The van der Waals surface area contributed by atoms with E-state index in [1.54, 1.807) is 6.92 Å². The number of hydrogen-bond donors (Lipinski definition) is 3. The Bertz CT molecular complexity index is 612. The molecule has 1 aliphatic rings. The highest BCUT2D eigenvalue weighted by atomic mass is 16.4. The third-order valence-corrected chi connectivity index (χ3v) is 4.19. The standard InChI is InChI=1S/C15H20N2O4/c1-9-3-5-15(6-4-9,14(20)21)17-13(19)11-8-16-10(2)7-12(11)18/h7-9H,3-6H2,1-2H3,(H,16,18)(H,17,19)(H,20,21). The summed E-state index contributed by atoms with van der Waals surface area (Å²) in [7, 11) is 0. The van der Waals surface area contributed by atoms with Crippen molar-refractivity contribution in [2.24, 2.45) is 5.92 Å². The van der Waals surface area contributed by atoms with E-state index in [4.69, 9.17) is 0 Å². The average Bonchev–Trinajstić information content (AvgIpc) is 2.41. The number of carboxylic acids is 1.